The summed E-state index contributed by atoms with van der Waals surface area (Å²) in [5.74, 6) is 0.791. The fourth-order valence-electron chi connectivity index (χ4n) is 1.85. The number of amides is 1. The van der Waals surface area contributed by atoms with E-state index in [1.54, 1.807) is 4.68 Å². The molecule has 0 aliphatic carbocycles. The molecule has 6 heteroatoms. The number of carbonyl (C=O) groups excluding carboxylic acids is 1. The van der Waals surface area contributed by atoms with Gasteiger partial charge < -0.3 is 10.1 Å². The summed E-state index contributed by atoms with van der Waals surface area (Å²) in [6.07, 6.45) is 2.69. The van der Waals surface area contributed by atoms with Gasteiger partial charge in [0.2, 0.25) is 5.91 Å². The molecule has 0 radical (unpaired) electrons. The zero-order valence-corrected chi connectivity index (χ0v) is 12.4. The Bertz CT molecular complexity index is 578. The van der Waals surface area contributed by atoms with Crippen LogP contribution in [0.3, 0.4) is 0 Å². The number of nitrogens with zero attached hydrogens (tertiary/aromatic N) is 3. The van der Waals surface area contributed by atoms with Crippen molar-refractivity contribution in [1.82, 2.24) is 20.3 Å². The first-order valence-electron chi connectivity index (χ1n) is 7.02. The van der Waals surface area contributed by atoms with Crippen molar-refractivity contribution in [2.24, 2.45) is 0 Å². The molecule has 21 heavy (non-hydrogen) atoms. The SMILES string of the molecule is CCn1cc(COc2ccc(CCNC(C)=O)cc2)nn1. The molecule has 1 amide bonds. The van der Waals surface area contributed by atoms with Gasteiger partial charge in [-0.2, -0.15) is 0 Å². The highest BCUT2D eigenvalue weighted by Crippen LogP contribution is 2.13. The normalized spacial score (nSPS) is 10.4. The third-order valence-electron chi connectivity index (χ3n) is 3.01. The molecule has 1 N–H and O–H groups in total. The van der Waals surface area contributed by atoms with E-state index in [1.807, 2.05) is 37.4 Å². The Kier molecular flexibility index (Phi) is 5.31. The summed E-state index contributed by atoms with van der Waals surface area (Å²) in [6, 6.07) is 7.85. The fourth-order valence-corrected chi connectivity index (χ4v) is 1.85. The molecule has 0 spiro atoms. The fraction of sp³-hybridized carbons (Fsp3) is 0.400. The molecule has 2 rings (SSSR count). The van der Waals surface area contributed by atoms with Crippen LogP contribution in [0.2, 0.25) is 0 Å². The predicted octanol–water partition coefficient (Wildman–Crippen LogP) is 1.56. The number of nitrogens with one attached hydrogen (secondary N) is 1. The molecule has 0 bridgehead atoms. The summed E-state index contributed by atoms with van der Waals surface area (Å²) in [7, 11) is 0. The smallest absolute Gasteiger partial charge is 0.216 e. The quantitative estimate of drug-likeness (QED) is 0.839. The van der Waals surface area contributed by atoms with Crippen molar-refractivity contribution in [2.45, 2.75) is 33.4 Å². The summed E-state index contributed by atoms with van der Waals surface area (Å²) >= 11 is 0. The van der Waals surface area contributed by atoms with Gasteiger partial charge in [0.15, 0.2) is 0 Å². The van der Waals surface area contributed by atoms with Crippen molar-refractivity contribution in [3.63, 3.8) is 0 Å². The third-order valence-corrected chi connectivity index (χ3v) is 3.01. The molecule has 0 aliphatic heterocycles. The highest BCUT2D eigenvalue weighted by molar-refractivity contribution is 5.72. The van der Waals surface area contributed by atoms with Crippen LogP contribution >= 0.6 is 0 Å². The van der Waals surface area contributed by atoms with Crippen molar-refractivity contribution in [1.29, 1.82) is 0 Å². The summed E-state index contributed by atoms with van der Waals surface area (Å²) in [5, 5.41) is 10.8. The Morgan fingerprint density at radius 2 is 2.10 bits per heavy atom. The maximum Gasteiger partial charge on any atom is 0.216 e. The molecule has 1 aromatic heterocycles. The first-order chi connectivity index (χ1) is 10.2. The van der Waals surface area contributed by atoms with Crippen LogP contribution in [0.4, 0.5) is 0 Å². The van der Waals surface area contributed by atoms with Crippen LogP contribution in [0, 0.1) is 0 Å². The summed E-state index contributed by atoms with van der Waals surface area (Å²) in [6.45, 7) is 5.39. The lowest BCUT2D eigenvalue weighted by Gasteiger charge is -2.06. The van der Waals surface area contributed by atoms with Gasteiger partial charge in [0.05, 0.1) is 6.20 Å². The van der Waals surface area contributed by atoms with Crippen molar-refractivity contribution in [2.75, 3.05) is 6.54 Å². The van der Waals surface area contributed by atoms with E-state index in [1.165, 1.54) is 6.92 Å². The average Bonchev–Trinajstić information content (AvgIpc) is 2.94. The van der Waals surface area contributed by atoms with E-state index in [2.05, 4.69) is 15.6 Å². The van der Waals surface area contributed by atoms with Crippen LogP contribution < -0.4 is 10.1 Å². The number of rotatable bonds is 7. The second-order valence-electron chi connectivity index (χ2n) is 4.73. The number of aryl methyl sites for hydroxylation is 1. The van der Waals surface area contributed by atoms with Crippen molar-refractivity contribution in [3.05, 3.63) is 41.7 Å². The summed E-state index contributed by atoms with van der Waals surface area (Å²) < 4.78 is 7.43. The van der Waals surface area contributed by atoms with Gasteiger partial charge in [-0.25, -0.2) is 0 Å². The Balaban J connectivity index is 1.80. The van der Waals surface area contributed by atoms with E-state index in [0.717, 1.165) is 30.0 Å². The molecule has 0 saturated heterocycles. The Hall–Kier alpha value is -2.37. The highest BCUT2D eigenvalue weighted by atomic mass is 16.5. The van der Waals surface area contributed by atoms with E-state index in [4.69, 9.17) is 4.74 Å². The standard InChI is InChI=1S/C15H20N4O2/c1-3-19-10-14(17-18-19)11-21-15-6-4-13(5-7-15)8-9-16-12(2)20/h4-7,10H,3,8-9,11H2,1-2H3,(H,16,20). The molecule has 2 aromatic rings. The van der Waals surface area contributed by atoms with E-state index in [0.29, 0.717) is 13.2 Å². The van der Waals surface area contributed by atoms with E-state index >= 15 is 0 Å². The molecule has 0 atom stereocenters. The largest absolute Gasteiger partial charge is 0.487 e. The monoisotopic (exact) mass is 288 g/mol. The zero-order chi connectivity index (χ0) is 15.1. The number of hydrogen-bond donors (Lipinski definition) is 1. The highest BCUT2D eigenvalue weighted by Gasteiger charge is 2.01. The lowest BCUT2D eigenvalue weighted by molar-refractivity contribution is -0.118. The topological polar surface area (TPSA) is 69.0 Å². The number of aromatic nitrogens is 3. The Morgan fingerprint density at radius 1 is 1.33 bits per heavy atom. The molecule has 0 aliphatic rings. The molecule has 0 unspecified atom stereocenters. The Labute approximate surface area is 124 Å². The van der Waals surface area contributed by atoms with Gasteiger partial charge in [-0.15, -0.1) is 5.10 Å². The number of hydrogen-bond acceptors (Lipinski definition) is 4. The summed E-state index contributed by atoms with van der Waals surface area (Å²) in [5.41, 5.74) is 1.97. The first-order valence-corrected chi connectivity index (χ1v) is 7.02. The van der Waals surface area contributed by atoms with Crippen LogP contribution in [0.5, 0.6) is 5.75 Å². The van der Waals surface area contributed by atoms with E-state index in [9.17, 15) is 4.79 Å². The molecule has 0 saturated carbocycles. The zero-order valence-electron chi connectivity index (χ0n) is 12.4. The molecular formula is C15H20N4O2. The molecule has 1 aromatic carbocycles. The maximum atomic E-state index is 10.8. The average molecular weight is 288 g/mol. The minimum atomic E-state index is -0.00456. The number of carbonyl (C=O) groups is 1. The molecule has 112 valence electrons. The van der Waals surface area contributed by atoms with Crippen LogP contribution in [0.25, 0.3) is 0 Å². The lowest BCUT2D eigenvalue weighted by Crippen LogP contribution is -2.22. The van der Waals surface area contributed by atoms with Crippen LogP contribution in [0.15, 0.2) is 30.5 Å². The lowest BCUT2D eigenvalue weighted by atomic mass is 10.1. The van der Waals surface area contributed by atoms with Gasteiger partial charge >= 0.3 is 0 Å². The van der Waals surface area contributed by atoms with Gasteiger partial charge in [-0.3, -0.25) is 9.48 Å². The van der Waals surface area contributed by atoms with Gasteiger partial charge in [-0.1, -0.05) is 17.3 Å². The second kappa shape index (κ2) is 7.42. The van der Waals surface area contributed by atoms with E-state index < -0.39 is 0 Å². The van der Waals surface area contributed by atoms with E-state index in [-0.39, 0.29) is 5.91 Å². The number of benzene rings is 1. The summed E-state index contributed by atoms with van der Waals surface area (Å²) in [4.78, 5) is 10.8. The van der Waals surface area contributed by atoms with Gasteiger partial charge in [0.1, 0.15) is 18.1 Å². The van der Waals surface area contributed by atoms with Crippen molar-refractivity contribution >= 4 is 5.91 Å². The van der Waals surface area contributed by atoms with Crippen molar-refractivity contribution < 1.29 is 9.53 Å². The minimum Gasteiger partial charge on any atom is -0.487 e. The predicted molar refractivity (Wildman–Crippen MR) is 78.9 cm³/mol. The second-order valence-corrected chi connectivity index (χ2v) is 4.73. The first kappa shape index (κ1) is 15.0. The van der Waals surface area contributed by atoms with Gasteiger partial charge in [0, 0.05) is 20.0 Å². The van der Waals surface area contributed by atoms with Gasteiger partial charge in [-0.05, 0) is 31.0 Å². The minimum absolute atomic E-state index is 0.00456. The van der Waals surface area contributed by atoms with Crippen LogP contribution in [0.1, 0.15) is 25.1 Å². The number of ether oxygens (including phenoxy) is 1. The van der Waals surface area contributed by atoms with Crippen LogP contribution in [-0.4, -0.2) is 27.4 Å². The third kappa shape index (κ3) is 4.91. The van der Waals surface area contributed by atoms with Gasteiger partial charge in [0.25, 0.3) is 0 Å². The molecule has 0 fully saturated rings. The van der Waals surface area contributed by atoms with Crippen LogP contribution in [-0.2, 0) is 24.4 Å². The Morgan fingerprint density at radius 3 is 2.71 bits per heavy atom. The molecule has 1 heterocycles. The molecule has 6 nitrogen and oxygen atoms in total. The van der Waals surface area contributed by atoms with Crippen molar-refractivity contribution in [3.8, 4) is 5.75 Å². The maximum absolute atomic E-state index is 10.8. The molecular weight excluding hydrogens is 268 g/mol.